The van der Waals surface area contributed by atoms with Crippen LogP contribution < -0.4 is 20.5 Å². The van der Waals surface area contributed by atoms with Crippen LogP contribution in [0.1, 0.15) is 6.42 Å². The van der Waals surface area contributed by atoms with E-state index in [4.69, 9.17) is 9.15 Å². The molecule has 1 saturated heterocycles. The number of nitrogens with one attached hydrogen (secondary N) is 2. The number of carbonyl (C=O) groups is 2. The third kappa shape index (κ3) is 4.87. The summed E-state index contributed by atoms with van der Waals surface area (Å²) < 4.78 is 12.1. The lowest BCUT2D eigenvalue weighted by molar-refractivity contribution is -0.122. The lowest BCUT2D eigenvalue weighted by Gasteiger charge is -2.17. The van der Waals surface area contributed by atoms with E-state index in [0.717, 1.165) is 5.56 Å². The Hall–Kier alpha value is -5.45. The molecule has 0 aliphatic carbocycles. The van der Waals surface area contributed by atoms with Crippen molar-refractivity contribution in [2.24, 2.45) is 5.92 Å². The van der Waals surface area contributed by atoms with Crippen LogP contribution in [0.4, 0.5) is 11.5 Å². The lowest BCUT2D eigenvalue weighted by atomic mass is 10.1. The number of nitrogens with zero attached hydrogens (tertiary/aromatic N) is 4. The van der Waals surface area contributed by atoms with Gasteiger partial charge in [-0.05, 0) is 24.3 Å². The van der Waals surface area contributed by atoms with Crippen LogP contribution in [0.2, 0.25) is 0 Å². The summed E-state index contributed by atoms with van der Waals surface area (Å²) in [6.45, 7) is 0.204. The van der Waals surface area contributed by atoms with Gasteiger partial charge in [-0.1, -0.05) is 36.4 Å². The van der Waals surface area contributed by atoms with Gasteiger partial charge in [0.2, 0.25) is 17.8 Å². The summed E-state index contributed by atoms with van der Waals surface area (Å²) in [6.07, 6.45) is 1.56. The van der Waals surface area contributed by atoms with Crippen LogP contribution in [0.15, 0.2) is 94.3 Å². The van der Waals surface area contributed by atoms with Crippen molar-refractivity contribution in [1.82, 2.24) is 19.7 Å². The number of amides is 2. The lowest BCUT2D eigenvalue weighted by Crippen LogP contribution is -2.28. The zero-order valence-corrected chi connectivity index (χ0v) is 21.4. The molecule has 3 aromatic heterocycles. The van der Waals surface area contributed by atoms with E-state index in [1.807, 2.05) is 30.3 Å². The highest BCUT2D eigenvalue weighted by atomic mass is 16.5. The molecule has 4 heterocycles. The molecule has 0 radical (unpaired) electrons. The maximum absolute atomic E-state index is 13.4. The number of rotatable bonds is 7. The van der Waals surface area contributed by atoms with Crippen LogP contribution in [0, 0.1) is 5.92 Å². The Morgan fingerprint density at radius 1 is 1.02 bits per heavy atom. The summed E-state index contributed by atoms with van der Waals surface area (Å²) in [5, 5.41) is 7.44. The molecule has 0 bridgehead atoms. The Morgan fingerprint density at radius 3 is 2.65 bits per heavy atom. The Balaban J connectivity index is 1.32. The van der Waals surface area contributed by atoms with E-state index >= 15 is 0 Å². The van der Waals surface area contributed by atoms with Crippen LogP contribution in [-0.4, -0.2) is 45.2 Å². The molecule has 6 rings (SSSR count). The van der Waals surface area contributed by atoms with Gasteiger partial charge in [0.15, 0.2) is 5.76 Å². The number of aromatic nitrogens is 4. The van der Waals surface area contributed by atoms with Crippen molar-refractivity contribution in [3.05, 3.63) is 95.5 Å². The second kappa shape index (κ2) is 10.4. The van der Waals surface area contributed by atoms with Crippen molar-refractivity contribution in [2.45, 2.75) is 6.42 Å². The number of hydrogen-bond acceptors (Lipinski definition) is 7. The van der Waals surface area contributed by atoms with Crippen LogP contribution in [0.5, 0.6) is 5.75 Å². The van der Waals surface area contributed by atoms with E-state index in [9.17, 15) is 14.4 Å². The number of H-pyrrole nitrogens is 1. The predicted molar refractivity (Wildman–Crippen MR) is 147 cm³/mol. The molecule has 0 spiro atoms. The minimum atomic E-state index is -0.614. The van der Waals surface area contributed by atoms with Crippen molar-refractivity contribution >= 4 is 23.3 Å². The summed E-state index contributed by atoms with van der Waals surface area (Å²) >= 11 is 0. The predicted octanol–water partition coefficient (Wildman–Crippen LogP) is 3.88. The third-order valence-electron chi connectivity index (χ3n) is 6.59. The highest BCUT2D eigenvalue weighted by molar-refractivity contribution is 6.03. The molecule has 1 atom stereocenters. The molecule has 2 aromatic carbocycles. The van der Waals surface area contributed by atoms with E-state index in [-0.39, 0.29) is 42.1 Å². The van der Waals surface area contributed by atoms with Crippen molar-refractivity contribution in [3.8, 4) is 34.4 Å². The molecule has 1 fully saturated rings. The molecule has 11 nitrogen and oxygen atoms in total. The van der Waals surface area contributed by atoms with Gasteiger partial charge in [-0.15, -0.1) is 0 Å². The first kappa shape index (κ1) is 24.9. The summed E-state index contributed by atoms with van der Waals surface area (Å²) in [7, 11) is 1.55. The summed E-state index contributed by atoms with van der Waals surface area (Å²) in [5.74, 6) is 0.309. The normalized spacial score (nSPS) is 14.9. The second-order valence-electron chi connectivity index (χ2n) is 9.22. The number of carbonyl (C=O) groups excluding carboxylic acids is 2. The Labute approximate surface area is 228 Å². The average Bonchev–Trinajstić information content (AvgIpc) is 3.73. The molecule has 200 valence electrons. The molecule has 2 N–H and O–H groups in total. The molecular formula is C29H24N6O5. The van der Waals surface area contributed by atoms with Gasteiger partial charge in [0.1, 0.15) is 17.3 Å². The highest BCUT2D eigenvalue weighted by Gasteiger charge is 2.36. The first-order valence-electron chi connectivity index (χ1n) is 12.5. The third-order valence-corrected chi connectivity index (χ3v) is 6.59. The fourth-order valence-electron chi connectivity index (χ4n) is 4.62. The number of hydrogen-bond donors (Lipinski definition) is 2. The number of benzene rings is 2. The monoisotopic (exact) mass is 536 g/mol. The SMILES string of the molecule is COc1cccc(N2CC(C(=O)Nc3cc(-c4ccco4)nn3-c3nc(-c4ccccc4)cc(=O)[nH]3)CC2=O)c1. The van der Waals surface area contributed by atoms with Crippen molar-refractivity contribution in [2.75, 3.05) is 23.9 Å². The Kier molecular flexibility index (Phi) is 6.44. The van der Waals surface area contributed by atoms with Crippen LogP contribution >= 0.6 is 0 Å². The van der Waals surface area contributed by atoms with E-state index in [0.29, 0.717) is 28.6 Å². The van der Waals surface area contributed by atoms with Gasteiger partial charge in [-0.3, -0.25) is 19.4 Å². The molecule has 2 amide bonds. The molecule has 1 unspecified atom stereocenters. The number of furan rings is 1. The van der Waals surface area contributed by atoms with Gasteiger partial charge in [0, 0.05) is 42.4 Å². The maximum atomic E-state index is 13.4. The molecule has 5 aromatic rings. The van der Waals surface area contributed by atoms with Crippen molar-refractivity contribution < 1.29 is 18.7 Å². The number of ether oxygens (including phenoxy) is 1. The van der Waals surface area contributed by atoms with E-state index < -0.39 is 5.92 Å². The zero-order chi connectivity index (χ0) is 27.6. The average molecular weight is 537 g/mol. The molecule has 1 aliphatic rings. The number of methoxy groups -OCH3 is 1. The minimum Gasteiger partial charge on any atom is -0.497 e. The largest absolute Gasteiger partial charge is 0.497 e. The smallest absolute Gasteiger partial charge is 0.252 e. The minimum absolute atomic E-state index is 0.0425. The van der Waals surface area contributed by atoms with E-state index in [1.54, 1.807) is 54.5 Å². The molecule has 1 aliphatic heterocycles. The Bertz CT molecular complexity index is 1740. The quantitative estimate of drug-likeness (QED) is 0.322. The van der Waals surface area contributed by atoms with Crippen molar-refractivity contribution in [1.29, 1.82) is 0 Å². The molecule has 0 saturated carbocycles. The van der Waals surface area contributed by atoms with Gasteiger partial charge in [-0.2, -0.15) is 9.78 Å². The molecule has 40 heavy (non-hydrogen) atoms. The van der Waals surface area contributed by atoms with Crippen molar-refractivity contribution in [3.63, 3.8) is 0 Å². The van der Waals surface area contributed by atoms with Gasteiger partial charge in [0.05, 0.1) is 25.0 Å². The fraction of sp³-hybridized carbons (Fsp3) is 0.138. The Morgan fingerprint density at radius 2 is 1.88 bits per heavy atom. The van der Waals surface area contributed by atoms with Gasteiger partial charge < -0.3 is 19.4 Å². The van der Waals surface area contributed by atoms with Gasteiger partial charge in [-0.25, -0.2) is 4.98 Å². The second-order valence-corrected chi connectivity index (χ2v) is 9.22. The van der Waals surface area contributed by atoms with Crippen LogP contribution in [-0.2, 0) is 9.59 Å². The fourth-order valence-corrected chi connectivity index (χ4v) is 4.62. The first-order valence-corrected chi connectivity index (χ1v) is 12.5. The maximum Gasteiger partial charge on any atom is 0.252 e. The number of anilines is 2. The van der Waals surface area contributed by atoms with Crippen LogP contribution in [0.25, 0.3) is 28.7 Å². The topological polar surface area (TPSA) is 135 Å². The summed E-state index contributed by atoms with van der Waals surface area (Å²) in [4.78, 5) is 47.7. The highest BCUT2D eigenvalue weighted by Crippen LogP contribution is 2.30. The number of aromatic amines is 1. The first-order chi connectivity index (χ1) is 19.5. The zero-order valence-electron chi connectivity index (χ0n) is 21.4. The standard InChI is InChI=1S/C29H24N6O5/c1-39-21-10-5-9-20(14-21)34-17-19(13-27(34)37)28(38)31-25-15-23(24-11-6-12-40-24)33-35(25)29-30-22(16-26(36)32-29)18-7-3-2-4-8-18/h2-12,14-16,19H,13,17H2,1H3,(H,31,38)(H,30,32,36). The van der Waals surface area contributed by atoms with Gasteiger partial charge >= 0.3 is 0 Å². The summed E-state index contributed by atoms with van der Waals surface area (Å²) in [6, 6.07) is 22.9. The van der Waals surface area contributed by atoms with Gasteiger partial charge in [0.25, 0.3) is 5.56 Å². The van der Waals surface area contributed by atoms with E-state index in [1.165, 1.54) is 17.0 Å². The molecule has 11 heteroatoms. The summed E-state index contributed by atoms with van der Waals surface area (Å²) in [5.41, 5.74) is 1.90. The van der Waals surface area contributed by atoms with E-state index in [2.05, 4.69) is 20.4 Å². The van der Waals surface area contributed by atoms with Crippen LogP contribution in [0.3, 0.4) is 0 Å². The molecular weight excluding hydrogens is 512 g/mol.